The topological polar surface area (TPSA) is 64.7 Å². The van der Waals surface area contributed by atoms with Crippen LogP contribution in [0.4, 0.5) is 0 Å². The van der Waals surface area contributed by atoms with Gasteiger partial charge in [-0.15, -0.1) is 0 Å². The molecule has 2 rings (SSSR count). The predicted octanol–water partition coefficient (Wildman–Crippen LogP) is 1.66. The number of rotatable bonds is 3. The SMILES string of the molecule is Cc1nc(-c2ccccn2)nc(C)c1CCN. The average molecular weight is 228 g/mol. The van der Waals surface area contributed by atoms with Gasteiger partial charge in [-0.25, -0.2) is 9.97 Å². The van der Waals surface area contributed by atoms with Gasteiger partial charge in [-0.3, -0.25) is 4.98 Å². The molecule has 0 aromatic carbocycles. The zero-order chi connectivity index (χ0) is 12.3. The zero-order valence-electron chi connectivity index (χ0n) is 10.1. The van der Waals surface area contributed by atoms with E-state index < -0.39 is 0 Å². The summed E-state index contributed by atoms with van der Waals surface area (Å²) >= 11 is 0. The maximum absolute atomic E-state index is 5.58. The van der Waals surface area contributed by atoms with Gasteiger partial charge in [-0.05, 0) is 44.5 Å². The Balaban J connectivity index is 2.46. The molecule has 0 spiro atoms. The lowest BCUT2D eigenvalue weighted by atomic mass is 10.1. The van der Waals surface area contributed by atoms with Gasteiger partial charge in [0.05, 0.1) is 0 Å². The molecule has 4 heteroatoms. The van der Waals surface area contributed by atoms with E-state index in [1.165, 1.54) is 0 Å². The van der Waals surface area contributed by atoms with Crippen LogP contribution in [0.25, 0.3) is 11.5 Å². The molecule has 2 aromatic heterocycles. The number of hydrogen-bond acceptors (Lipinski definition) is 4. The third-order valence-corrected chi connectivity index (χ3v) is 2.71. The second kappa shape index (κ2) is 5.01. The Labute approximate surface area is 101 Å². The highest BCUT2D eigenvalue weighted by Crippen LogP contribution is 2.16. The molecule has 0 atom stereocenters. The summed E-state index contributed by atoms with van der Waals surface area (Å²) in [6.45, 7) is 4.60. The average Bonchev–Trinajstić information content (AvgIpc) is 2.35. The molecular formula is C13H16N4. The molecule has 0 aliphatic carbocycles. The van der Waals surface area contributed by atoms with Crippen molar-refractivity contribution in [3.05, 3.63) is 41.3 Å². The van der Waals surface area contributed by atoms with Gasteiger partial charge in [0, 0.05) is 17.6 Å². The van der Waals surface area contributed by atoms with Crippen molar-refractivity contribution < 1.29 is 0 Å². The van der Waals surface area contributed by atoms with Crippen molar-refractivity contribution in [1.82, 2.24) is 15.0 Å². The number of aromatic nitrogens is 3. The number of nitrogens with zero attached hydrogens (tertiary/aromatic N) is 3. The fourth-order valence-corrected chi connectivity index (χ4v) is 1.86. The lowest BCUT2D eigenvalue weighted by molar-refractivity contribution is 0.896. The van der Waals surface area contributed by atoms with E-state index in [1.807, 2.05) is 32.0 Å². The van der Waals surface area contributed by atoms with Crippen LogP contribution < -0.4 is 5.73 Å². The van der Waals surface area contributed by atoms with Crippen molar-refractivity contribution in [2.24, 2.45) is 5.73 Å². The minimum absolute atomic E-state index is 0.619. The van der Waals surface area contributed by atoms with Crippen molar-refractivity contribution in [3.8, 4) is 11.5 Å². The van der Waals surface area contributed by atoms with E-state index in [2.05, 4.69) is 15.0 Å². The van der Waals surface area contributed by atoms with Crippen molar-refractivity contribution in [2.45, 2.75) is 20.3 Å². The Morgan fingerprint density at radius 2 is 1.82 bits per heavy atom. The van der Waals surface area contributed by atoms with Gasteiger partial charge >= 0.3 is 0 Å². The Morgan fingerprint density at radius 3 is 2.35 bits per heavy atom. The third kappa shape index (κ3) is 2.47. The maximum atomic E-state index is 5.58. The van der Waals surface area contributed by atoms with E-state index in [1.54, 1.807) is 6.20 Å². The largest absolute Gasteiger partial charge is 0.330 e. The van der Waals surface area contributed by atoms with Crippen molar-refractivity contribution >= 4 is 0 Å². The van der Waals surface area contributed by atoms with Crippen LogP contribution in [0.5, 0.6) is 0 Å². The van der Waals surface area contributed by atoms with E-state index in [4.69, 9.17) is 5.73 Å². The van der Waals surface area contributed by atoms with Gasteiger partial charge in [0.1, 0.15) is 5.69 Å². The summed E-state index contributed by atoms with van der Waals surface area (Å²) in [6, 6.07) is 5.73. The Hall–Kier alpha value is -1.81. The molecule has 0 amide bonds. The molecule has 88 valence electrons. The van der Waals surface area contributed by atoms with Gasteiger partial charge in [-0.1, -0.05) is 6.07 Å². The minimum atomic E-state index is 0.619. The molecule has 0 aliphatic heterocycles. The second-order valence-corrected chi connectivity index (χ2v) is 3.95. The van der Waals surface area contributed by atoms with E-state index in [9.17, 15) is 0 Å². The Bertz CT molecular complexity index is 485. The van der Waals surface area contributed by atoms with Gasteiger partial charge in [0.15, 0.2) is 5.82 Å². The molecule has 0 bridgehead atoms. The molecular weight excluding hydrogens is 212 g/mol. The smallest absolute Gasteiger partial charge is 0.178 e. The van der Waals surface area contributed by atoms with Crippen LogP contribution in [-0.4, -0.2) is 21.5 Å². The molecule has 2 heterocycles. The minimum Gasteiger partial charge on any atom is -0.330 e. The molecule has 0 saturated heterocycles. The van der Waals surface area contributed by atoms with Crippen LogP contribution in [0.3, 0.4) is 0 Å². The van der Waals surface area contributed by atoms with Crippen LogP contribution in [0.15, 0.2) is 24.4 Å². The highest BCUT2D eigenvalue weighted by molar-refractivity contribution is 5.49. The van der Waals surface area contributed by atoms with E-state index >= 15 is 0 Å². The summed E-state index contributed by atoms with van der Waals surface area (Å²) in [4.78, 5) is 13.2. The van der Waals surface area contributed by atoms with E-state index in [0.29, 0.717) is 12.4 Å². The van der Waals surface area contributed by atoms with Crippen molar-refractivity contribution in [2.75, 3.05) is 6.54 Å². The maximum Gasteiger partial charge on any atom is 0.178 e. The zero-order valence-corrected chi connectivity index (χ0v) is 10.1. The molecule has 4 nitrogen and oxygen atoms in total. The van der Waals surface area contributed by atoms with Crippen LogP contribution in [0.2, 0.25) is 0 Å². The molecule has 0 radical (unpaired) electrons. The Morgan fingerprint density at radius 1 is 1.12 bits per heavy atom. The lowest BCUT2D eigenvalue weighted by Crippen LogP contribution is -2.09. The summed E-state index contributed by atoms with van der Waals surface area (Å²) in [5, 5.41) is 0. The number of nitrogens with two attached hydrogens (primary N) is 1. The highest BCUT2D eigenvalue weighted by Gasteiger charge is 2.09. The first-order valence-electron chi connectivity index (χ1n) is 5.68. The van der Waals surface area contributed by atoms with Gasteiger partial charge in [0.25, 0.3) is 0 Å². The number of aryl methyl sites for hydroxylation is 2. The first kappa shape index (κ1) is 11.7. The van der Waals surface area contributed by atoms with E-state index in [0.717, 1.165) is 29.1 Å². The molecule has 0 fully saturated rings. The predicted molar refractivity (Wildman–Crippen MR) is 67.5 cm³/mol. The molecule has 2 aromatic rings. The quantitative estimate of drug-likeness (QED) is 0.867. The van der Waals surface area contributed by atoms with Crippen molar-refractivity contribution in [3.63, 3.8) is 0 Å². The molecule has 2 N–H and O–H groups in total. The van der Waals surface area contributed by atoms with Crippen molar-refractivity contribution in [1.29, 1.82) is 0 Å². The summed E-state index contributed by atoms with van der Waals surface area (Å²) < 4.78 is 0. The van der Waals surface area contributed by atoms with Gasteiger partial charge in [-0.2, -0.15) is 0 Å². The van der Waals surface area contributed by atoms with Crippen LogP contribution in [-0.2, 0) is 6.42 Å². The lowest BCUT2D eigenvalue weighted by Gasteiger charge is -2.09. The highest BCUT2D eigenvalue weighted by atomic mass is 14.9. The summed E-state index contributed by atoms with van der Waals surface area (Å²) in [6.07, 6.45) is 2.57. The first-order chi connectivity index (χ1) is 8.22. The van der Waals surface area contributed by atoms with Crippen LogP contribution in [0, 0.1) is 13.8 Å². The van der Waals surface area contributed by atoms with E-state index in [-0.39, 0.29) is 0 Å². The van der Waals surface area contributed by atoms with Crippen LogP contribution in [0.1, 0.15) is 17.0 Å². The summed E-state index contributed by atoms with van der Waals surface area (Å²) in [5.74, 6) is 0.682. The monoisotopic (exact) mass is 228 g/mol. The molecule has 17 heavy (non-hydrogen) atoms. The van der Waals surface area contributed by atoms with Gasteiger partial charge in [0.2, 0.25) is 0 Å². The van der Waals surface area contributed by atoms with Gasteiger partial charge < -0.3 is 5.73 Å². The fraction of sp³-hybridized carbons (Fsp3) is 0.308. The molecule has 0 aliphatic rings. The molecule has 0 saturated carbocycles. The molecule has 0 unspecified atom stereocenters. The summed E-state index contributed by atoms with van der Waals surface area (Å²) in [7, 11) is 0. The third-order valence-electron chi connectivity index (χ3n) is 2.71. The van der Waals surface area contributed by atoms with Crippen LogP contribution >= 0.6 is 0 Å². The Kier molecular flexibility index (Phi) is 3.44. The number of pyridine rings is 1. The normalized spacial score (nSPS) is 10.5. The summed E-state index contributed by atoms with van der Waals surface area (Å²) in [5.41, 5.74) is 9.51. The second-order valence-electron chi connectivity index (χ2n) is 3.95. The standard InChI is InChI=1S/C13H16N4/c1-9-11(6-7-14)10(2)17-13(16-9)12-5-3-4-8-15-12/h3-5,8H,6-7,14H2,1-2H3. The number of hydrogen-bond donors (Lipinski definition) is 1. The fourth-order valence-electron chi connectivity index (χ4n) is 1.86. The first-order valence-corrected chi connectivity index (χ1v) is 5.68.